The van der Waals surface area contributed by atoms with E-state index in [9.17, 15) is 4.79 Å². The van der Waals surface area contributed by atoms with Crippen LogP contribution in [0.2, 0.25) is 0 Å². The van der Waals surface area contributed by atoms with Crippen molar-refractivity contribution in [1.29, 1.82) is 0 Å². The third-order valence-corrected chi connectivity index (χ3v) is 3.98. The lowest BCUT2D eigenvalue weighted by molar-refractivity contribution is 0.608. The molecular weight excluding hydrogens is 284 g/mol. The Morgan fingerprint density at radius 3 is 2.57 bits per heavy atom. The van der Waals surface area contributed by atoms with Crippen LogP contribution >= 0.6 is 0 Å². The molecule has 0 spiro atoms. The molecule has 0 fully saturated rings. The second kappa shape index (κ2) is 6.25. The number of benzene rings is 2. The first-order chi connectivity index (χ1) is 11.1. The van der Waals surface area contributed by atoms with Gasteiger partial charge in [-0.3, -0.25) is 4.79 Å². The number of rotatable bonds is 4. The van der Waals surface area contributed by atoms with Gasteiger partial charge in [-0.15, -0.1) is 6.58 Å². The Labute approximate surface area is 136 Å². The summed E-state index contributed by atoms with van der Waals surface area (Å²) in [6, 6.07) is 15.6. The average molecular weight is 304 g/mol. The van der Waals surface area contributed by atoms with E-state index in [1.54, 1.807) is 0 Å². The normalized spacial score (nSPS) is 10.9. The van der Waals surface area contributed by atoms with E-state index < -0.39 is 0 Å². The van der Waals surface area contributed by atoms with Gasteiger partial charge in [-0.05, 0) is 44.4 Å². The first-order valence-electron chi connectivity index (χ1n) is 7.82. The minimum absolute atomic E-state index is 0.0614. The molecule has 0 radical (unpaired) electrons. The number of allylic oxidation sites excluding steroid dienone is 1. The Morgan fingerprint density at radius 1 is 1.13 bits per heavy atom. The highest BCUT2D eigenvalue weighted by atomic mass is 16.3. The number of aryl methyl sites for hydroxylation is 1. The fourth-order valence-electron chi connectivity index (χ4n) is 2.73. The average Bonchev–Trinajstić information content (AvgIpc) is 2.54. The van der Waals surface area contributed by atoms with Crippen molar-refractivity contribution in [2.45, 2.75) is 26.7 Å². The summed E-state index contributed by atoms with van der Waals surface area (Å²) in [5.41, 5.74) is 4.52. The van der Waals surface area contributed by atoms with Crippen molar-refractivity contribution in [1.82, 2.24) is 0 Å². The van der Waals surface area contributed by atoms with Crippen molar-refractivity contribution >= 4 is 11.0 Å². The molecule has 2 nitrogen and oxygen atoms in total. The molecule has 0 N–H and O–H groups in total. The van der Waals surface area contributed by atoms with Crippen LogP contribution in [0.5, 0.6) is 0 Å². The minimum atomic E-state index is 0.0614. The van der Waals surface area contributed by atoms with Gasteiger partial charge in [-0.2, -0.15) is 0 Å². The fourth-order valence-corrected chi connectivity index (χ4v) is 2.73. The van der Waals surface area contributed by atoms with E-state index in [1.807, 2.05) is 62.4 Å². The van der Waals surface area contributed by atoms with Crippen LogP contribution in [0.15, 0.2) is 69.9 Å². The van der Waals surface area contributed by atoms with Gasteiger partial charge in [0.15, 0.2) is 5.43 Å². The van der Waals surface area contributed by atoms with Crippen LogP contribution in [0.4, 0.5) is 0 Å². The molecule has 0 amide bonds. The molecule has 0 bridgehead atoms. The van der Waals surface area contributed by atoms with Crippen molar-refractivity contribution in [2.75, 3.05) is 0 Å². The predicted octanol–water partition coefficient (Wildman–Crippen LogP) is 5.28. The summed E-state index contributed by atoms with van der Waals surface area (Å²) in [7, 11) is 0. The number of hydrogen-bond donors (Lipinski definition) is 0. The summed E-state index contributed by atoms with van der Waals surface area (Å²) >= 11 is 0. The minimum Gasteiger partial charge on any atom is -0.456 e. The second-order valence-corrected chi connectivity index (χ2v) is 6.06. The van der Waals surface area contributed by atoms with Crippen molar-refractivity contribution in [3.05, 3.63) is 82.0 Å². The zero-order valence-corrected chi connectivity index (χ0v) is 13.6. The Bertz CT molecular complexity index is 918. The third-order valence-electron chi connectivity index (χ3n) is 3.98. The molecule has 0 aliphatic rings. The molecule has 0 saturated heterocycles. The molecule has 1 heterocycles. The maximum absolute atomic E-state index is 13.0. The molecule has 0 saturated carbocycles. The van der Waals surface area contributed by atoms with Gasteiger partial charge < -0.3 is 4.42 Å². The molecule has 2 heteroatoms. The molecule has 3 rings (SSSR count). The van der Waals surface area contributed by atoms with E-state index >= 15 is 0 Å². The lowest BCUT2D eigenvalue weighted by atomic mass is 9.99. The zero-order chi connectivity index (χ0) is 16.4. The molecule has 23 heavy (non-hydrogen) atoms. The van der Waals surface area contributed by atoms with Gasteiger partial charge in [0, 0.05) is 11.1 Å². The molecule has 3 aromatic rings. The summed E-state index contributed by atoms with van der Waals surface area (Å²) in [6.07, 6.45) is 1.42. The predicted molar refractivity (Wildman–Crippen MR) is 95.8 cm³/mol. The largest absolute Gasteiger partial charge is 0.456 e. The molecule has 116 valence electrons. The van der Waals surface area contributed by atoms with E-state index in [0.717, 1.165) is 28.7 Å². The highest BCUT2D eigenvalue weighted by Gasteiger charge is 2.15. The first-order valence-corrected chi connectivity index (χ1v) is 7.82. The Balaban J connectivity index is 2.28. The van der Waals surface area contributed by atoms with Crippen LogP contribution in [0.3, 0.4) is 0 Å². The molecule has 0 aliphatic heterocycles. The fraction of sp³-hybridized carbons (Fsp3) is 0.190. The lowest BCUT2D eigenvalue weighted by Crippen LogP contribution is -2.11. The summed E-state index contributed by atoms with van der Waals surface area (Å²) in [6.45, 7) is 7.92. The zero-order valence-electron chi connectivity index (χ0n) is 13.6. The number of fused-ring (bicyclic) bond motifs is 1. The smallest absolute Gasteiger partial charge is 0.196 e. The summed E-state index contributed by atoms with van der Waals surface area (Å²) in [5, 5.41) is 0.645. The van der Waals surface area contributed by atoms with Crippen LogP contribution in [0.1, 0.15) is 24.5 Å². The molecule has 0 unspecified atom stereocenters. The maximum Gasteiger partial charge on any atom is 0.196 e. The first kappa shape index (κ1) is 15.3. The van der Waals surface area contributed by atoms with Gasteiger partial charge >= 0.3 is 0 Å². The van der Waals surface area contributed by atoms with Crippen LogP contribution in [0, 0.1) is 6.92 Å². The van der Waals surface area contributed by atoms with Gasteiger partial charge in [0.25, 0.3) is 0 Å². The van der Waals surface area contributed by atoms with Gasteiger partial charge in [0.2, 0.25) is 0 Å². The van der Waals surface area contributed by atoms with Gasteiger partial charge in [0.1, 0.15) is 11.3 Å². The van der Waals surface area contributed by atoms with E-state index in [1.165, 1.54) is 0 Å². The Morgan fingerprint density at radius 2 is 1.87 bits per heavy atom. The highest BCUT2D eigenvalue weighted by Crippen LogP contribution is 2.27. The Kier molecular flexibility index (Phi) is 4.16. The van der Waals surface area contributed by atoms with Gasteiger partial charge in [0.05, 0.1) is 5.39 Å². The van der Waals surface area contributed by atoms with Crippen LogP contribution < -0.4 is 5.43 Å². The summed E-state index contributed by atoms with van der Waals surface area (Å²) < 4.78 is 6.14. The molecular formula is C21H20O2. The van der Waals surface area contributed by atoms with Gasteiger partial charge in [-0.1, -0.05) is 42.0 Å². The maximum atomic E-state index is 13.0. The van der Waals surface area contributed by atoms with E-state index in [0.29, 0.717) is 23.2 Å². The Hall–Kier alpha value is -2.61. The monoisotopic (exact) mass is 304 g/mol. The second-order valence-electron chi connectivity index (χ2n) is 6.06. The molecule has 0 aliphatic carbocycles. The van der Waals surface area contributed by atoms with Crippen molar-refractivity contribution in [2.24, 2.45) is 0 Å². The van der Waals surface area contributed by atoms with Gasteiger partial charge in [-0.25, -0.2) is 0 Å². The summed E-state index contributed by atoms with van der Waals surface area (Å²) in [5.74, 6) is 0.676. The van der Waals surface area contributed by atoms with Crippen molar-refractivity contribution in [3.8, 4) is 11.3 Å². The summed E-state index contributed by atoms with van der Waals surface area (Å²) in [4.78, 5) is 13.0. The standard InChI is InChI=1S/C21H20O2/c1-14(2)9-11-18-20(22)17-12-10-15(3)13-19(17)23-21(18)16-7-5-4-6-8-16/h4-8,10,12-13H,1,9,11H2,2-3H3. The van der Waals surface area contributed by atoms with Crippen LogP contribution in [0.25, 0.3) is 22.3 Å². The quantitative estimate of drug-likeness (QED) is 0.614. The third kappa shape index (κ3) is 3.11. The van der Waals surface area contributed by atoms with Crippen molar-refractivity contribution in [3.63, 3.8) is 0 Å². The van der Waals surface area contributed by atoms with Crippen LogP contribution in [-0.2, 0) is 6.42 Å². The van der Waals surface area contributed by atoms with Crippen LogP contribution in [-0.4, -0.2) is 0 Å². The number of hydrogen-bond acceptors (Lipinski definition) is 2. The van der Waals surface area contributed by atoms with E-state index in [4.69, 9.17) is 4.42 Å². The van der Waals surface area contributed by atoms with E-state index in [-0.39, 0.29) is 5.43 Å². The molecule has 1 aromatic heterocycles. The highest BCUT2D eigenvalue weighted by molar-refractivity contribution is 5.81. The molecule has 2 aromatic carbocycles. The topological polar surface area (TPSA) is 30.2 Å². The molecule has 0 atom stereocenters. The SMILES string of the molecule is C=C(C)CCc1c(-c2ccccc2)oc2cc(C)ccc2c1=O. The lowest BCUT2D eigenvalue weighted by Gasteiger charge is -2.11. The van der Waals surface area contributed by atoms with Crippen molar-refractivity contribution < 1.29 is 4.42 Å². The van der Waals surface area contributed by atoms with E-state index in [2.05, 4.69) is 6.58 Å².